The molecule has 0 saturated carbocycles. The number of rotatable bonds is 3. The molecule has 0 radical (unpaired) electrons. The Bertz CT molecular complexity index is 550. The summed E-state index contributed by atoms with van der Waals surface area (Å²) in [4.78, 5) is 34.2. The summed E-state index contributed by atoms with van der Waals surface area (Å²) < 4.78 is 18.2. The molecule has 2 N–H and O–H groups in total. The van der Waals surface area contributed by atoms with E-state index in [9.17, 15) is 18.8 Å². The van der Waals surface area contributed by atoms with Crippen molar-refractivity contribution in [3.05, 3.63) is 34.1 Å². The van der Waals surface area contributed by atoms with Gasteiger partial charge in [0.2, 0.25) is 0 Å². The highest BCUT2D eigenvalue weighted by Crippen LogP contribution is 2.19. The number of ether oxygens (including phenoxy) is 1. The van der Waals surface area contributed by atoms with E-state index in [1.54, 1.807) is 0 Å². The first-order chi connectivity index (χ1) is 9.35. The van der Waals surface area contributed by atoms with E-state index in [1.807, 2.05) is 5.32 Å². The summed E-state index contributed by atoms with van der Waals surface area (Å²) in [5.41, 5.74) is -0.0513. The Morgan fingerprint density at radius 1 is 1.35 bits per heavy atom. The third-order valence-corrected chi connectivity index (χ3v) is 2.96. The molecule has 0 saturated heterocycles. The fourth-order valence-electron chi connectivity index (χ4n) is 1.21. The number of carbonyl (C=O) groups excluding carboxylic acids is 3. The van der Waals surface area contributed by atoms with Crippen LogP contribution in [-0.2, 0) is 9.53 Å². The molecule has 1 atom stereocenters. The van der Waals surface area contributed by atoms with E-state index in [1.165, 1.54) is 26.1 Å². The van der Waals surface area contributed by atoms with Gasteiger partial charge < -0.3 is 10.1 Å². The van der Waals surface area contributed by atoms with Gasteiger partial charge in [0, 0.05) is 11.5 Å². The molecule has 1 aromatic carbocycles. The number of carbonyl (C=O) groups is 3. The van der Waals surface area contributed by atoms with E-state index in [4.69, 9.17) is 4.74 Å². The van der Waals surface area contributed by atoms with E-state index in [0.717, 1.165) is 6.07 Å². The van der Waals surface area contributed by atoms with Crippen LogP contribution >= 0.6 is 15.9 Å². The minimum atomic E-state index is -1.20. The highest BCUT2D eigenvalue weighted by molar-refractivity contribution is 9.10. The number of halogens is 2. The van der Waals surface area contributed by atoms with Crippen LogP contribution in [0.25, 0.3) is 0 Å². The molecule has 0 aromatic heterocycles. The van der Waals surface area contributed by atoms with Crippen molar-refractivity contribution in [2.45, 2.75) is 13.0 Å². The second-order valence-electron chi connectivity index (χ2n) is 3.74. The summed E-state index contributed by atoms with van der Waals surface area (Å²) in [5.74, 6) is -2.27. The van der Waals surface area contributed by atoms with Gasteiger partial charge in [-0.3, -0.25) is 10.1 Å². The molecule has 0 bridgehead atoms. The SMILES string of the molecule is CNC(=O)NC(=O)[C@@H](C)OC(=O)c1cc(F)ccc1Br. The summed E-state index contributed by atoms with van der Waals surface area (Å²) in [5, 5.41) is 4.14. The molecule has 20 heavy (non-hydrogen) atoms. The first kappa shape index (κ1) is 16.1. The quantitative estimate of drug-likeness (QED) is 0.814. The van der Waals surface area contributed by atoms with Crippen LogP contribution < -0.4 is 10.6 Å². The number of amides is 3. The van der Waals surface area contributed by atoms with Crippen molar-refractivity contribution >= 4 is 33.8 Å². The van der Waals surface area contributed by atoms with Crippen molar-refractivity contribution in [1.82, 2.24) is 10.6 Å². The lowest BCUT2D eigenvalue weighted by Gasteiger charge is -2.13. The van der Waals surface area contributed by atoms with Crippen LogP contribution in [-0.4, -0.2) is 31.1 Å². The lowest BCUT2D eigenvalue weighted by molar-refractivity contribution is -0.127. The fraction of sp³-hybridized carbons (Fsp3) is 0.250. The van der Waals surface area contributed by atoms with Crippen LogP contribution in [0.15, 0.2) is 22.7 Å². The molecule has 0 aliphatic rings. The normalized spacial score (nSPS) is 11.4. The molecule has 1 rings (SSSR count). The minimum absolute atomic E-state index is 0.0513. The fourth-order valence-corrected chi connectivity index (χ4v) is 1.62. The van der Waals surface area contributed by atoms with Crippen LogP contribution in [0.4, 0.5) is 9.18 Å². The Balaban J connectivity index is 2.72. The van der Waals surface area contributed by atoms with Gasteiger partial charge in [0.05, 0.1) is 5.56 Å². The third kappa shape index (κ3) is 4.30. The van der Waals surface area contributed by atoms with Gasteiger partial charge in [-0.2, -0.15) is 0 Å². The van der Waals surface area contributed by atoms with Crippen LogP contribution in [0.3, 0.4) is 0 Å². The minimum Gasteiger partial charge on any atom is -0.449 e. The van der Waals surface area contributed by atoms with Gasteiger partial charge >= 0.3 is 12.0 Å². The molecule has 3 amide bonds. The van der Waals surface area contributed by atoms with Gasteiger partial charge in [-0.15, -0.1) is 0 Å². The lowest BCUT2D eigenvalue weighted by atomic mass is 10.2. The Morgan fingerprint density at radius 2 is 2.00 bits per heavy atom. The topological polar surface area (TPSA) is 84.5 Å². The molecule has 0 aliphatic carbocycles. The monoisotopic (exact) mass is 346 g/mol. The van der Waals surface area contributed by atoms with Gasteiger partial charge in [-0.25, -0.2) is 14.0 Å². The van der Waals surface area contributed by atoms with Crippen LogP contribution in [0, 0.1) is 5.82 Å². The van der Waals surface area contributed by atoms with Gasteiger partial charge in [0.25, 0.3) is 5.91 Å². The predicted octanol–water partition coefficient (Wildman–Crippen LogP) is 1.59. The zero-order valence-corrected chi connectivity index (χ0v) is 12.3. The van der Waals surface area contributed by atoms with Crippen molar-refractivity contribution in [1.29, 1.82) is 0 Å². The van der Waals surface area contributed by atoms with Crippen LogP contribution in [0.5, 0.6) is 0 Å². The number of esters is 1. The summed E-state index contributed by atoms with van der Waals surface area (Å²) in [6.07, 6.45) is -1.20. The van der Waals surface area contributed by atoms with E-state index in [-0.39, 0.29) is 5.56 Å². The number of hydrogen-bond acceptors (Lipinski definition) is 4. The van der Waals surface area contributed by atoms with Gasteiger partial charge in [0.15, 0.2) is 6.10 Å². The Labute approximate surface area is 122 Å². The van der Waals surface area contributed by atoms with Crippen molar-refractivity contribution in [2.24, 2.45) is 0 Å². The average molecular weight is 347 g/mol. The maximum atomic E-state index is 13.1. The second kappa shape index (κ2) is 6.99. The first-order valence-corrected chi connectivity index (χ1v) is 6.33. The second-order valence-corrected chi connectivity index (χ2v) is 4.59. The van der Waals surface area contributed by atoms with Crippen molar-refractivity contribution < 1.29 is 23.5 Å². The molecule has 0 fully saturated rings. The number of nitrogens with one attached hydrogen (secondary N) is 2. The maximum Gasteiger partial charge on any atom is 0.340 e. The zero-order chi connectivity index (χ0) is 15.3. The average Bonchev–Trinajstić information content (AvgIpc) is 2.40. The van der Waals surface area contributed by atoms with E-state index >= 15 is 0 Å². The van der Waals surface area contributed by atoms with E-state index < -0.39 is 29.8 Å². The van der Waals surface area contributed by atoms with Crippen LogP contribution in [0.1, 0.15) is 17.3 Å². The maximum absolute atomic E-state index is 13.1. The van der Waals surface area contributed by atoms with Gasteiger partial charge in [-0.1, -0.05) is 0 Å². The molecule has 108 valence electrons. The highest BCUT2D eigenvalue weighted by Gasteiger charge is 2.22. The molecule has 0 heterocycles. The summed E-state index contributed by atoms with van der Waals surface area (Å²) >= 11 is 3.08. The summed E-state index contributed by atoms with van der Waals surface area (Å²) in [7, 11) is 1.34. The van der Waals surface area contributed by atoms with Crippen molar-refractivity contribution in [2.75, 3.05) is 7.05 Å². The highest BCUT2D eigenvalue weighted by atomic mass is 79.9. The number of urea groups is 1. The molecule has 0 unspecified atom stereocenters. The number of benzene rings is 1. The molecule has 8 heteroatoms. The molecule has 1 aromatic rings. The largest absolute Gasteiger partial charge is 0.449 e. The Kier molecular flexibility index (Phi) is 5.63. The molecular weight excluding hydrogens is 335 g/mol. The van der Waals surface area contributed by atoms with Gasteiger partial charge in [0.1, 0.15) is 5.82 Å². The van der Waals surface area contributed by atoms with Crippen molar-refractivity contribution in [3.8, 4) is 0 Å². The van der Waals surface area contributed by atoms with Gasteiger partial charge in [-0.05, 0) is 41.1 Å². The predicted molar refractivity (Wildman–Crippen MR) is 71.6 cm³/mol. The van der Waals surface area contributed by atoms with E-state index in [0.29, 0.717) is 4.47 Å². The lowest BCUT2D eigenvalue weighted by Crippen LogP contribution is -2.43. The summed E-state index contributed by atoms with van der Waals surface area (Å²) in [6, 6.07) is 2.78. The summed E-state index contributed by atoms with van der Waals surface area (Å²) in [6.45, 7) is 1.30. The Hall–Kier alpha value is -1.96. The number of imide groups is 1. The van der Waals surface area contributed by atoms with E-state index in [2.05, 4.69) is 21.2 Å². The Morgan fingerprint density at radius 3 is 2.60 bits per heavy atom. The standard InChI is InChI=1S/C12H12BrFN2O4/c1-6(10(17)16-12(19)15-2)20-11(18)8-5-7(14)3-4-9(8)13/h3-6H,1-2H3,(H2,15,16,17,19)/t6-/m1/s1. The van der Waals surface area contributed by atoms with Crippen molar-refractivity contribution in [3.63, 3.8) is 0 Å². The first-order valence-electron chi connectivity index (χ1n) is 5.53. The van der Waals surface area contributed by atoms with Crippen LogP contribution in [0.2, 0.25) is 0 Å². The molecule has 6 nitrogen and oxygen atoms in total. The molecule has 0 aliphatic heterocycles. The third-order valence-electron chi connectivity index (χ3n) is 2.27. The number of hydrogen-bond donors (Lipinski definition) is 2. The molecular formula is C12H12BrFN2O4. The molecule has 0 spiro atoms. The zero-order valence-electron chi connectivity index (χ0n) is 10.7. The smallest absolute Gasteiger partial charge is 0.340 e.